The van der Waals surface area contributed by atoms with Crippen LogP contribution in [0.3, 0.4) is 0 Å². The summed E-state index contributed by atoms with van der Waals surface area (Å²) in [7, 11) is 0. The number of nitrogens with one attached hydrogen (secondary N) is 1. The number of rotatable bonds is 4. The highest BCUT2D eigenvalue weighted by Gasteiger charge is 2.23. The zero-order valence-corrected chi connectivity index (χ0v) is 21.9. The first-order valence-electron chi connectivity index (χ1n) is 12.3. The van der Waals surface area contributed by atoms with Gasteiger partial charge in [0.25, 0.3) is 11.5 Å². The van der Waals surface area contributed by atoms with Crippen molar-refractivity contribution < 1.29 is 4.79 Å². The van der Waals surface area contributed by atoms with Gasteiger partial charge in [0.15, 0.2) is 5.65 Å². The number of hydrogen-bond acceptors (Lipinski definition) is 6. The number of aryl methyl sites for hydroxylation is 1. The summed E-state index contributed by atoms with van der Waals surface area (Å²) >= 11 is 1.47. The number of thiazole rings is 1. The van der Waals surface area contributed by atoms with Gasteiger partial charge in [-0.15, -0.1) is 11.3 Å². The van der Waals surface area contributed by atoms with E-state index in [9.17, 15) is 9.59 Å². The van der Waals surface area contributed by atoms with Crippen LogP contribution in [-0.2, 0) is 0 Å². The average Bonchev–Trinajstić information content (AvgIpc) is 3.59. The topological polar surface area (TPSA) is 94.2 Å². The molecule has 2 aromatic carbocycles. The number of carbonyl (C=O) groups is 1. The van der Waals surface area contributed by atoms with E-state index in [0.29, 0.717) is 44.9 Å². The van der Waals surface area contributed by atoms with Gasteiger partial charge in [-0.2, -0.15) is 5.10 Å². The number of nitrogens with zero attached hydrogens (tertiary/aromatic N) is 5. The van der Waals surface area contributed by atoms with Crippen LogP contribution in [0.25, 0.3) is 22.1 Å². The van der Waals surface area contributed by atoms with Gasteiger partial charge in [0, 0.05) is 34.7 Å². The van der Waals surface area contributed by atoms with E-state index in [0.717, 1.165) is 5.39 Å². The molecule has 1 N–H and O–H groups in total. The molecular weight excluding hydrogens is 508 g/mol. The van der Waals surface area contributed by atoms with Crippen molar-refractivity contribution in [1.29, 1.82) is 0 Å². The third-order valence-electron chi connectivity index (χ3n) is 6.44. The summed E-state index contributed by atoms with van der Waals surface area (Å²) in [6, 6.07) is 18.2. The first-order chi connectivity index (χ1) is 19.0. The maximum atomic E-state index is 14.1. The van der Waals surface area contributed by atoms with E-state index in [1.807, 2.05) is 66.9 Å². The van der Waals surface area contributed by atoms with Gasteiger partial charge >= 0.3 is 0 Å². The molecule has 0 aliphatic rings. The van der Waals surface area contributed by atoms with Gasteiger partial charge in [0.1, 0.15) is 11.3 Å². The molecule has 0 saturated carbocycles. The Bertz CT molecular complexity index is 1960. The molecule has 190 valence electrons. The Balaban J connectivity index is 1.48. The molecule has 4 aromatic heterocycles. The number of para-hydroxylation sites is 1. The first-order valence-corrected chi connectivity index (χ1v) is 13.2. The van der Waals surface area contributed by atoms with Gasteiger partial charge in [-0.1, -0.05) is 36.3 Å². The Kier molecular flexibility index (Phi) is 6.23. The lowest BCUT2D eigenvalue weighted by molar-refractivity contribution is 0.0939. The predicted octanol–water partition coefficient (Wildman–Crippen LogP) is 4.69. The predicted molar refractivity (Wildman–Crippen MR) is 151 cm³/mol. The molecule has 1 amide bonds. The van der Waals surface area contributed by atoms with Gasteiger partial charge in [-0.3, -0.25) is 14.2 Å². The van der Waals surface area contributed by atoms with E-state index >= 15 is 0 Å². The molecule has 6 rings (SSSR count). The molecule has 6 aromatic rings. The van der Waals surface area contributed by atoms with Gasteiger partial charge in [-0.05, 0) is 55.5 Å². The normalized spacial score (nSPS) is 11.7. The Morgan fingerprint density at radius 3 is 2.69 bits per heavy atom. The van der Waals surface area contributed by atoms with Crippen LogP contribution < -0.4 is 10.9 Å². The summed E-state index contributed by atoms with van der Waals surface area (Å²) in [6.07, 6.45) is 3.38. The number of benzene rings is 2. The molecule has 0 spiro atoms. The first kappa shape index (κ1) is 24.3. The van der Waals surface area contributed by atoms with E-state index in [-0.39, 0.29) is 11.5 Å². The Morgan fingerprint density at radius 1 is 1.05 bits per heavy atom. The highest BCUT2D eigenvalue weighted by molar-refractivity contribution is 7.07. The van der Waals surface area contributed by atoms with E-state index in [1.165, 1.54) is 11.3 Å². The summed E-state index contributed by atoms with van der Waals surface area (Å²) in [5.41, 5.74) is 5.56. The molecule has 0 aliphatic carbocycles. The van der Waals surface area contributed by atoms with Crippen LogP contribution in [0.15, 0.2) is 88.7 Å². The van der Waals surface area contributed by atoms with Crippen LogP contribution in [0.5, 0.6) is 0 Å². The van der Waals surface area contributed by atoms with Crippen molar-refractivity contribution in [3.63, 3.8) is 0 Å². The van der Waals surface area contributed by atoms with E-state index in [4.69, 9.17) is 0 Å². The third-order valence-corrected chi connectivity index (χ3v) is 7.02. The highest BCUT2D eigenvalue weighted by atomic mass is 32.1. The minimum atomic E-state index is -0.516. The molecule has 0 unspecified atom stereocenters. The van der Waals surface area contributed by atoms with Crippen molar-refractivity contribution >= 4 is 33.7 Å². The van der Waals surface area contributed by atoms with Crippen LogP contribution in [0.2, 0.25) is 0 Å². The summed E-state index contributed by atoms with van der Waals surface area (Å²) in [6.45, 7) is 3.64. The fraction of sp³-hybridized carbons (Fsp3) is 0.100. The summed E-state index contributed by atoms with van der Waals surface area (Å²) in [5.74, 6) is 5.86. The molecule has 39 heavy (non-hydrogen) atoms. The van der Waals surface area contributed by atoms with Gasteiger partial charge in [0.2, 0.25) is 0 Å². The molecular formula is C30H22N6O2S. The van der Waals surface area contributed by atoms with E-state index < -0.39 is 6.04 Å². The molecule has 9 heteroatoms. The summed E-state index contributed by atoms with van der Waals surface area (Å²) < 4.78 is 3.22. The minimum Gasteiger partial charge on any atom is -0.344 e. The summed E-state index contributed by atoms with van der Waals surface area (Å²) in [4.78, 5) is 36.1. The second-order valence-electron chi connectivity index (χ2n) is 8.98. The molecule has 4 heterocycles. The number of carbonyl (C=O) groups excluding carboxylic acids is 1. The Morgan fingerprint density at radius 2 is 1.90 bits per heavy atom. The summed E-state index contributed by atoms with van der Waals surface area (Å²) in [5, 5.41) is 10.6. The number of aromatic nitrogens is 5. The average molecular weight is 531 g/mol. The largest absolute Gasteiger partial charge is 0.344 e. The fourth-order valence-electron chi connectivity index (χ4n) is 4.66. The molecule has 0 bridgehead atoms. The second-order valence-corrected chi connectivity index (χ2v) is 9.70. The van der Waals surface area contributed by atoms with Gasteiger partial charge in [-0.25, -0.2) is 14.5 Å². The van der Waals surface area contributed by atoms with Crippen molar-refractivity contribution in [1.82, 2.24) is 29.5 Å². The SMILES string of the molecule is Cc1nn2cccnc2c1C(=O)N[C@H](C)c1cc2cccc(C#Cc3cscn3)c2c(=O)n1-c1ccccc1. The lowest BCUT2D eigenvalue weighted by Gasteiger charge is -2.21. The molecule has 8 nitrogen and oxygen atoms in total. The van der Waals surface area contributed by atoms with Crippen LogP contribution in [-0.4, -0.2) is 30.1 Å². The molecule has 0 radical (unpaired) electrons. The smallest absolute Gasteiger partial charge is 0.264 e. The zero-order valence-electron chi connectivity index (χ0n) is 21.1. The van der Waals surface area contributed by atoms with Crippen LogP contribution in [0.1, 0.15) is 46.0 Å². The van der Waals surface area contributed by atoms with Crippen molar-refractivity contribution in [3.8, 4) is 17.5 Å². The van der Waals surface area contributed by atoms with Crippen molar-refractivity contribution in [2.45, 2.75) is 19.9 Å². The molecule has 0 fully saturated rings. The number of amides is 1. The molecule has 1 atom stereocenters. The standard InChI is InChI=1S/C30H22N6O2S/c1-19(33-29(37)26-20(2)34-35-15-7-14-31-28(26)35)25-16-22-9-6-8-21(12-13-23-17-39-18-32-23)27(22)30(38)36(25)24-10-4-3-5-11-24/h3-11,14-19H,1-2H3,(H,33,37)/t19-/m1/s1. The van der Waals surface area contributed by atoms with Crippen LogP contribution in [0.4, 0.5) is 0 Å². The molecule has 0 saturated heterocycles. The maximum Gasteiger partial charge on any atom is 0.264 e. The quantitative estimate of drug-likeness (QED) is 0.334. The number of fused-ring (bicyclic) bond motifs is 2. The third kappa shape index (κ3) is 4.47. The number of hydrogen-bond donors (Lipinski definition) is 1. The maximum absolute atomic E-state index is 14.1. The lowest BCUT2D eigenvalue weighted by Crippen LogP contribution is -2.32. The lowest BCUT2D eigenvalue weighted by atomic mass is 10.0. The zero-order chi connectivity index (χ0) is 26.9. The fourth-order valence-corrected chi connectivity index (χ4v) is 5.14. The Labute approximate surface area is 227 Å². The molecule has 0 aliphatic heterocycles. The number of pyridine rings is 1. The van der Waals surface area contributed by atoms with Gasteiger partial charge < -0.3 is 5.32 Å². The highest BCUT2D eigenvalue weighted by Crippen LogP contribution is 2.24. The van der Waals surface area contributed by atoms with Crippen LogP contribution in [0, 0.1) is 18.8 Å². The second kappa shape index (κ2) is 10.0. The Hall–Kier alpha value is -5.07. The van der Waals surface area contributed by atoms with Crippen LogP contribution >= 0.6 is 11.3 Å². The van der Waals surface area contributed by atoms with E-state index in [1.54, 1.807) is 40.0 Å². The van der Waals surface area contributed by atoms with Crippen molar-refractivity contribution in [3.05, 3.63) is 123 Å². The van der Waals surface area contributed by atoms with Gasteiger partial charge in [0.05, 0.1) is 22.6 Å². The van der Waals surface area contributed by atoms with Crippen molar-refractivity contribution in [2.24, 2.45) is 0 Å². The van der Waals surface area contributed by atoms with Crippen molar-refractivity contribution in [2.75, 3.05) is 0 Å². The monoisotopic (exact) mass is 530 g/mol. The minimum absolute atomic E-state index is 0.216. The van der Waals surface area contributed by atoms with E-state index in [2.05, 4.69) is 32.2 Å².